The third kappa shape index (κ3) is 5.11. The van der Waals surface area contributed by atoms with Crippen molar-refractivity contribution < 1.29 is 4.79 Å². The molecule has 4 nitrogen and oxygen atoms in total. The largest absolute Gasteiger partial charge is 0.355 e. The molecule has 0 bridgehead atoms. The van der Waals surface area contributed by atoms with E-state index in [2.05, 4.69) is 31.1 Å². The Morgan fingerprint density at radius 3 is 2.53 bits per heavy atom. The summed E-state index contributed by atoms with van der Waals surface area (Å²) in [6.07, 6.45) is 3.23. The molecule has 1 saturated heterocycles. The molecule has 1 rings (SSSR count). The smallest absolute Gasteiger partial charge is 0.222 e. The third-order valence-corrected chi connectivity index (χ3v) is 4.59. The lowest BCUT2D eigenvalue weighted by atomic mass is 9.73. The van der Waals surface area contributed by atoms with E-state index in [9.17, 15) is 4.79 Å². The summed E-state index contributed by atoms with van der Waals surface area (Å²) in [4.78, 5) is 14.3. The maximum Gasteiger partial charge on any atom is 0.222 e. The number of carbonyl (C=O) groups excluding carboxylic acids is 1. The van der Waals surface area contributed by atoms with Crippen LogP contribution in [0.15, 0.2) is 0 Å². The summed E-state index contributed by atoms with van der Waals surface area (Å²) in [6, 6.07) is 0. The van der Waals surface area contributed by atoms with Crippen molar-refractivity contribution in [2.45, 2.75) is 40.0 Å². The maximum absolute atomic E-state index is 11.9. The molecule has 0 aromatic heterocycles. The third-order valence-electron chi connectivity index (χ3n) is 4.59. The summed E-state index contributed by atoms with van der Waals surface area (Å²) < 4.78 is 0. The highest BCUT2D eigenvalue weighted by Gasteiger charge is 2.32. The highest BCUT2D eigenvalue weighted by molar-refractivity contribution is 5.78. The number of hydrogen-bond donors (Lipinski definition) is 2. The van der Waals surface area contributed by atoms with Crippen LogP contribution >= 0.6 is 0 Å². The summed E-state index contributed by atoms with van der Waals surface area (Å²) in [5, 5.41) is 3.11. The van der Waals surface area contributed by atoms with Gasteiger partial charge in [0.25, 0.3) is 0 Å². The number of rotatable bonds is 6. The van der Waals surface area contributed by atoms with Crippen molar-refractivity contribution in [2.24, 2.45) is 23.0 Å². The Kier molecular flexibility index (Phi) is 6.27. The molecular formula is C15H31N3O. The number of amides is 1. The number of likely N-dealkylation sites (tertiary alicyclic amines) is 1. The average Bonchev–Trinajstić information content (AvgIpc) is 2.37. The van der Waals surface area contributed by atoms with Gasteiger partial charge in [0.05, 0.1) is 0 Å². The zero-order chi connectivity index (χ0) is 14.5. The number of hydrogen-bond acceptors (Lipinski definition) is 3. The van der Waals surface area contributed by atoms with Gasteiger partial charge < -0.3 is 16.0 Å². The van der Waals surface area contributed by atoms with Gasteiger partial charge in [-0.1, -0.05) is 20.8 Å². The van der Waals surface area contributed by atoms with Gasteiger partial charge in [0.2, 0.25) is 5.91 Å². The van der Waals surface area contributed by atoms with Gasteiger partial charge in [-0.05, 0) is 57.3 Å². The van der Waals surface area contributed by atoms with Crippen LogP contribution in [0.25, 0.3) is 0 Å². The van der Waals surface area contributed by atoms with Gasteiger partial charge in [-0.2, -0.15) is 0 Å². The minimum absolute atomic E-state index is 0.0262. The fraction of sp³-hybridized carbons (Fsp3) is 0.933. The second kappa shape index (κ2) is 7.25. The molecule has 0 aliphatic carbocycles. The van der Waals surface area contributed by atoms with Crippen LogP contribution in [0.2, 0.25) is 0 Å². The van der Waals surface area contributed by atoms with Gasteiger partial charge in [0.15, 0.2) is 0 Å². The average molecular weight is 269 g/mol. The van der Waals surface area contributed by atoms with Crippen LogP contribution in [0.1, 0.15) is 40.0 Å². The molecule has 1 aliphatic heterocycles. The van der Waals surface area contributed by atoms with Crippen molar-refractivity contribution in [2.75, 3.05) is 33.2 Å². The van der Waals surface area contributed by atoms with Gasteiger partial charge in [0.1, 0.15) is 0 Å². The lowest BCUT2D eigenvalue weighted by molar-refractivity contribution is -0.125. The topological polar surface area (TPSA) is 58.4 Å². The molecule has 0 aromatic carbocycles. The van der Waals surface area contributed by atoms with Crippen molar-refractivity contribution in [3.05, 3.63) is 0 Å². The van der Waals surface area contributed by atoms with Gasteiger partial charge in [0, 0.05) is 12.5 Å². The first-order valence-corrected chi connectivity index (χ1v) is 7.53. The van der Waals surface area contributed by atoms with E-state index in [0.717, 1.165) is 13.0 Å². The zero-order valence-corrected chi connectivity index (χ0v) is 13.0. The zero-order valence-electron chi connectivity index (χ0n) is 13.0. The molecule has 0 radical (unpaired) electrons. The van der Waals surface area contributed by atoms with Crippen molar-refractivity contribution in [1.82, 2.24) is 10.2 Å². The molecular weight excluding hydrogens is 238 g/mol. The lowest BCUT2D eigenvalue weighted by Crippen LogP contribution is -2.44. The van der Waals surface area contributed by atoms with E-state index in [1.165, 1.54) is 25.9 Å². The molecule has 1 amide bonds. The Balaban J connectivity index is 2.39. The Labute approximate surface area is 118 Å². The van der Waals surface area contributed by atoms with Crippen molar-refractivity contribution in [3.63, 3.8) is 0 Å². The molecule has 4 heteroatoms. The van der Waals surface area contributed by atoms with E-state index in [-0.39, 0.29) is 17.2 Å². The van der Waals surface area contributed by atoms with E-state index in [1.54, 1.807) is 0 Å². The second-order valence-corrected chi connectivity index (χ2v) is 6.76. The van der Waals surface area contributed by atoms with Crippen LogP contribution in [-0.2, 0) is 4.79 Å². The molecule has 19 heavy (non-hydrogen) atoms. The minimum atomic E-state index is 0.0262. The van der Waals surface area contributed by atoms with Crippen LogP contribution < -0.4 is 11.1 Å². The molecule has 1 atom stereocenters. The monoisotopic (exact) mass is 269 g/mol. The quantitative estimate of drug-likeness (QED) is 0.767. The molecule has 0 spiro atoms. The van der Waals surface area contributed by atoms with E-state index in [0.29, 0.717) is 12.5 Å². The number of nitrogens with zero attached hydrogens (tertiary/aromatic N) is 1. The van der Waals surface area contributed by atoms with Crippen LogP contribution in [0, 0.1) is 17.3 Å². The summed E-state index contributed by atoms with van der Waals surface area (Å²) in [7, 11) is 2.18. The highest BCUT2D eigenvalue weighted by atomic mass is 16.1. The fourth-order valence-corrected chi connectivity index (χ4v) is 2.80. The molecule has 112 valence electrons. The Morgan fingerprint density at radius 2 is 2.00 bits per heavy atom. The molecule has 0 aromatic rings. The number of carbonyl (C=O) groups is 1. The number of nitrogens with one attached hydrogen (secondary N) is 1. The van der Waals surface area contributed by atoms with E-state index in [1.807, 2.05) is 6.92 Å². The highest BCUT2D eigenvalue weighted by Crippen LogP contribution is 2.34. The first-order valence-electron chi connectivity index (χ1n) is 7.53. The van der Waals surface area contributed by atoms with Crippen LogP contribution in [0.3, 0.4) is 0 Å². The van der Waals surface area contributed by atoms with Crippen LogP contribution in [0.5, 0.6) is 0 Å². The predicted molar refractivity (Wildman–Crippen MR) is 79.8 cm³/mol. The molecule has 1 heterocycles. The van der Waals surface area contributed by atoms with Crippen molar-refractivity contribution in [3.8, 4) is 0 Å². The molecule has 1 fully saturated rings. The van der Waals surface area contributed by atoms with Gasteiger partial charge in [-0.3, -0.25) is 4.79 Å². The first kappa shape index (κ1) is 16.4. The maximum atomic E-state index is 11.9. The fourth-order valence-electron chi connectivity index (χ4n) is 2.80. The van der Waals surface area contributed by atoms with E-state index >= 15 is 0 Å². The molecule has 1 unspecified atom stereocenters. The number of piperidine rings is 1. The normalized spacial score (nSPS) is 20.3. The Morgan fingerprint density at radius 1 is 1.42 bits per heavy atom. The van der Waals surface area contributed by atoms with Crippen LogP contribution in [-0.4, -0.2) is 44.0 Å². The molecule has 1 aliphatic rings. The minimum Gasteiger partial charge on any atom is -0.355 e. The second-order valence-electron chi connectivity index (χ2n) is 6.76. The van der Waals surface area contributed by atoms with Gasteiger partial charge >= 0.3 is 0 Å². The van der Waals surface area contributed by atoms with Crippen molar-refractivity contribution in [1.29, 1.82) is 0 Å². The van der Waals surface area contributed by atoms with E-state index in [4.69, 9.17) is 5.73 Å². The molecule has 3 N–H and O–H groups in total. The van der Waals surface area contributed by atoms with E-state index < -0.39 is 0 Å². The lowest BCUT2D eigenvalue weighted by Gasteiger charge is -2.40. The summed E-state index contributed by atoms with van der Waals surface area (Å²) >= 11 is 0. The Bertz CT molecular complexity index is 283. The number of nitrogens with two attached hydrogens (primary N) is 1. The standard InChI is InChI=1S/C15H31N3O/c1-12(5-8-16)14(19)17-11-15(2,3)13-6-9-18(4)10-7-13/h12-13H,5-11,16H2,1-4H3,(H,17,19). The van der Waals surface area contributed by atoms with Crippen LogP contribution in [0.4, 0.5) is 0 Å². The summed E-state index contributed by atoms with van der Waals surface area (Å²) in [6.45, 7) is 10.2. The van der Waals surface area contributed by atoms with Gasteiger partial charge in [-0.25, -0.2) is 0 Å². The van der Waals surface area contributed by atoms with Gasteiger partial charge in [-0.15, -0.1) is 0 Å². The summed E-state index contributed by atoms with van der Waals surface area (Å²) in [5.74, 6) is 0.874. The summed E-state index contributed by atoms with van der Waals surface area (Å²) in [5.41, 5.74) is 5.67. The van der Waals surface area contributed by atoms with Crippen molar-refractivity contribution >= 4 is 5.91 Å². The SMILES string of the molecule is CC(CCN)C(=O)NCC(C)(C)C1CCN(C)CC1. The Hall–Kier alpha value is -0.610. The molecule has 0 saturated carbocycles. The first-order chi connectivity index (χ1) is 8.86. The predicted octanol–water partition coefficient (Wildman–Crippen LogP) is 1.46.